The number of nitrogen functional groups attached to an aromatic ring is 1. The number of ether oxygens (including phenoxy) is 1. The maximum Gasteiger partial charge on any atom is 0.153 e. The molecule has 3 aromatic rings. The Morgan fingerprint density at radius 2 is 1.94 bits per heavy atom. The summed E-state index contributed by atoms with van der Waals surface area (Å²) in [6.07, 6.45) is 4.94. The minimum atomic E-state index is 0.570. The number of hydrogen-bond acceptors (Lipinski definition) is 4. The molecule has 2 heterocycles. The molecule has 2 N–H and O–H groups in total. The number of hydrogen-bond donors (Lipinski definition) is 1. The summed E-state index contributed by atoms with van der Waals surface area (Å²) in [4.78, 5) is 8.31. The number of pyridine rings is 2. The van der Waals surface area contributed by atoms with Gasteiger partial charge in [0.05, 0.1) is 18.1 Å². The molecule has 0 aliphatic heterocycles. The molecule has 0 saturated carbocycles. The zero-order chi connectivity index (χ0) is 12.4. The van der Waals surface area contributed by atoms with Crippen molar-refractivity contribution >= 4 is 16.6 Å². The first-order valence-corrected chi connectivity index (χ1v) is 5.55. The van der Waals surface area contributed by atoms with E-state index in [0.717, 1.165) is 10.9 Å². The van der Waals surface area contributed by atoms with Crippen LogP contribution in [0.15, 0.2) is 55.0 Å². The lowest BCUT2D eigenvalue weighted by Crippen LogP contribution is -1.91. The monoisotopic (exact) mass is 237 g/mol. The van der Waals surface area contributed by atoms with E-state index in [4.69, 9.17) is 10.5 Å². The van der Waals surface area contributed by atoms with Crippen molar-refractivity contribution in [3.8, 4) is 11.5 Å². The van der Waals surface area contributed by atoms with Gasteiger partial charge in [-0.15, -0.1) is 0 Å². The molecular formula is C14H11N3O. The Kier molecular flexibility index (Phi) is 2.53. The highest BCUT2D eigenvalue weighted by molar-refractivity contribution is 5.84. The second kappa shape index (κ2) is 4.33. The van der Waals surface area contributed by atoms with E-state index in [2.05, 4.69) is 9.97 Å². The Hall–Kier alpha value is -2.62. The van der Waals surface area contributed by atoms with E-state index < -0.39 is 0 Å². The third-order valence-corrected chi connectivity index (χ3v) is 2.56. The van der Waals surface area contributed by atoms with Gasteiger partial charge in [0.25, 0.3) is 0 Å². The Labute approximate surface area is 104 Å². The van der Waals surface area contributed by atoms with Crippen LogP contribution >= 0.6 is 0 Å². The van der Waals surface area contributed by atoms with Crippen LogP contribution in [-0.2, 0) is 0 Å². The number of rotatable bonds is 2. The van der Waals surface area contributed by atoms with Crippen molar-refractivity contribution in [3.63, 3.8) is 0 Å². The van der Waals surface area contributed by atoms with Crippen molar-refractivity contribution in [2.45, 2.75) is 0 Å². The Balaban J connectivity index is 2.05. The second-order valence-corrected chi connectivity index (χ2v) is 3.89. The largest absolute Gasteiger partial charge is 0.453 e. The minimum Gasteiger partial charge on any atom is -0.453 e. The van der Waals surface area contributed by atoms with Crippen LogP contribution in [0.4, 0.5) is 5.69 Å². The topological polar surface area (TPSA) is 61.0 Å². The van der Waals surface area contributed by atoms with Crippen LogP contribution in [0.5, 0.6) is 11.5 Å². The molecule has 0 bridgehead atoms. The maximum atomic E-state index is 5.77. The average molecular weight is 237 g/mol. The normalized spacial score (nSPS) is 10.4. The summed E-state index contributed by atoms with van der Waals surface area (Å²) in [5.41, 5.74) is 7.06. The standard InChI is InChI=1S/C14H11N3O/c15-11-7-12(9-16-8-11)18-13-5-1-3-10-4-2-6-17-14(10)13/h1-9H,15H2. The molecule has 0 amide bonds. The Bertz CT molecular complexity index is 692. The Morgan fingerprint density at radius 3 is 2.83 bits per heavy atom. The van der Waals surface area contributed by atoms with Crippen LogP contribution < -0.4 is 10.5 Å². The van der Waals surface area contributed by atoms with E-state index in [9.17, 15) is 0 Å². The molecule has 0 unspecified atom stereocenters. The van der Waals surface area contributed by atoms with Crippen molar-refractivity contribution in [2.24, 2.45) is 0 Å². The summed E-state index contributed by atoms with van der Waals surface area (Å²) in [5.74, 6) is 1.30. The van der Waals surface area contributed by atoms with Gasteiger partial charge < -0.3 is 10.5 Å². The fourth-order valence-electron chi connectivity index (χ4n) is 1.78. The quantitative estimate of drug-likeness (QED) is 0.744. The summed E-state index contributed by atoms with van der Waals surface area (Å²) < 4.78 is 5.77. The third-order valence-electron chi connectivity index (χ3n) is 2.56. The molecule has 18 heavy (non-hydrogen) atoms. The number of anilines is 1. The summed E-state index contributed by atoms with van der Waals surface area (Å²) in [7, 11) is 0. The zero-order valence-corrected chi connectivity index (χ0v) is 9.58. The number of benzene rings is 1. The van der Waals surface area contributed by atoms with Crippen LogP contribution in [0.2, 0.25) is 0 Å². The molecule has 0 radical (unpaired) electrons. The third kappa shape index (κ3) is 1.96. The van der Waals surface area contributed by atoms with Gasteiger partial charge >= 0.3 is 0 Å². The second-order valence-electron chi connectivity index (χ2n) is 3.89. The van der Waals surface area contributed by atoms with Crippen molar-refractivity contribution in [2.75, 3.05) is 5.73 Å². The van der Waals surface area contributed by atoms with Gasteiger partial charge in [0.1, 0.15) is 11.3 Å². The Morgan fingerprint density at radius 1 is 1.06 bits per heavy atom. The molecule has 0 saturated heterocycles. The number of aromatic nitrogens is 2. The number of nitrogens with two attached hydrogens (primary N) is 1. The molecule has 0 spiro atoms. The lowest BCUT2D eigenvalue weighted by Gasteiger charge is -2.07. The molecular weight excluding hydrogens is 226 g/mol. The lowest BCUT2D eigenvalue weighted by molar-refractivity contribution is 0.485. The molecule has 88 valence electrons. The predicted molar refractivity (Wildman–Crippen MR) is 70.5 cm³/mol. The summed E-state index contributed by atoms with van der Waals surface area (Å²) >= 11 is 0. The first kappa shape index (κ1) is 10.5. The highest BCUT2D eigenvalue weighted by Crippen LogP contribution is 2.28. The highest BCUT2D eigenvalue weighted by Gasteiger charge is 2.04. The lowest BCUT2D eigenvalue weighted by atomic mass is 10.2. The van der Waals surface area contributed by atoms with Crippen LogP contribution in [0.25, 0.3) is 10.9 Å². The summed E-state index contributed by atoms with van der Waals surface area (Å²) in [6.45, 7) is 0. The van der Waals surface area contributed by atoms with Crippen LogP contribution in [0, 0.1) is 0 Å². The maximum absolute atomic E-state index is 5.77. The van der Waals surface area contributed by atoms with Gasteiger partial charge in [0.15, 0.2) is 5.75 Å². The predicted octanol–water partition coefficient (Wildman–Crippen LogP) is 3.00. The average Bonchev–Trinajstić information content (AvgIpc) is 2.39. The molecule has 0 atom stereocenters. The summed E-state index contributed by atoms with van der Waals surface area (Å²) in [5, 5.41) is 1.03. The van der Waals surface area contributed by atoms with Crippen LogP contribution in [0.1, 0.15) is 0 Å². The fourth-order valence-corrected chi connectivity index (χ4v) is 1.78. The van der Waals surface area contributed by atoms with Crippen molar-refractivity contribution < 1.29 is 4.74 Å². The van der Waals surface area contributed by atoms with Gasteiger partial charge in [-0.05, 0) is 12.1 Å². The zero-order valence-electron chi connectivity index (χ0n) is 9.58. The molecule has 2 aromatic heterocycles. The molecule has 3 rings (SSSR count). The molecule has 1 aromatic carbocycles. The molecule has 0 fully saturated rings. The first-order valence-electron chi connectivity index (χ1n) is 5.55. The first-order chi connectivity index (χ1) is 8.83. The van der Waals surface area contributed by atoms with Crippen LogP contribution in [-0.4, -0.2) is 9.97 Å². The van der Waals surface area contributed by atoms with E-state index in [-0.39, 0.29) is 0 Å². The van der Waals surface area contributed by atoms with Gasteiger partial charge in [0.2, 0.25) is 0 Å². The molecule has 0 aliphatic rings. The smallest absolute Gasteiger partial charge is 0.153 e. The van der Waals surface area contributed by atoms with Crippen molar-refractivity contribution in [1.82, 2.24) is 9.97 Å². The number of nitrogens with zero attached hydrogens (tertiary/aromatic N) is 2. The van der Waals surface area contributed by atoms with Gasteiger partial charge in [-0.3, -0.25) is 9.97 Å². The van der Waals surface area contributed by atoms with Crippen molar-refractivity contribution in [3.05, 3.63) is 55.0 Å². The molecule has 4 nitrogen and oxygen atoms in total. The van der Waals surface area contributed by atoms with Crippen LogP contribution in [0.3, 0.4) is 0 Å². The van der Waals surface area contributed by atoms with Gasteiger partial charge in [-0.1, -0.05) is 18.2 Å². The van der Waals surface area contributed by atoms with E-state index in [1.54, 1.807) is 24.7 Å². The van der Waals surface area contributed by atoms with E-state index in [0.29, 0.717) is 17.2 Å². The molecule has 4 heteroatoms. The minimum absolute atomic E-state index is 0.570. The van der Waals surface area contributed by atoms with Crippen molar-refractivity contribution in [1.29, 1.82) is 0 Å². The van der Waals surface area contributed by atoms with Gasteiger partial charge in [0, 0.05) is 17.6 Å². The molecule has 0 aliphatic carbocycles. The summed E-state index contributed by atoms with van der Waals surface area (Å²) in [6, 6.07) is 11.4. The van der Waals surface area contributed by atoms with E-state index >= 15 is 0 Å². The highest BCUT2D eigenvalue weighted by atomic mass is 16.5. The van der Waals surface area contributed by atoms with Gasteiger partial charge in [-0.25, -0.2) is 0 Å². The number of fused-ring (bicyclic) bond motifs is 1. The van der Waals surface area contributed by atoms with E-state index in [1.165, 1.54) is 0 Å². The van der Waals surface area contributed by atoms with E-state index in [1.807, 2.05) is 30.3 Å². The SMILES string of the molecule is Nc1cncc(Oc2cccc3cccnc23)c1. The fraction of sp³-hybridized carbons (Fsp3) is 0. The van der Waals surface area contributed by atoms with Gasteiger partial charge in [-0.2, -0.15) is 0 Å². The number of para-hydroxylation sites is 1.